The van der Waals surface area contributed by atoms with Crippen LogP contribution in [-0.2, 0) is 11.3 Å². The molecule has 0 bridgehead atoms. The summed E-state index contributed by atoms with van der Waals surface area (Å²) in [5, 5.41) is 6.14. The van der Waals surface area contributed by atoms with Gasteiger partial charge in [-0.25, -0.2) is 0 Å². The monoisotopic (exact) mass is 378 g/mol. The van der Waals surface area contributed by atoms with Gasteiger partial charge in [0.15, 0.2) is 0 Å². The minimum Gasteiger partial charge on any atom is -0.325 e. The third kappa shape index (κ3) is 4.32. The number of rotatable bonds is 4. The zero-order chi connectivity index (χ0) is 18.6. The number of likely N-dealkylation sites (tertiary alicyclic amines) is 1. The molecule has 4 heteroatoms. The molecular weight excluding hydrogens is 356 g/mol. The van der Waals surface area contributed by atoms with Crippen molar-refractivity contribution in [3.63, 3.8) is 0 Å². The molecule has 1 amide bonds. The van der Waals surface area contributed by atoms with Crippen LogP contribution in [-0.4, -0.2) is 23.9 Å². The van der Waals surface area contributed by atoms with Crippen molar-refractivity contribution in [1.82, 2.24) is 4.90 Å². The smallest absolute Gasteiger partial charge is 0.228 e. The number of anilines is 1. The molecule has 0 saturated carbocycles. The molecule has 1 aliphatic rings. The van der Waals surface area contributed by atoms with E-state index in [1.165, 1.54) is 5.56 Å². The second-order valence-electron chi connectivity index (χ2n) is 7.22. The molecule has 1 fully saturated rings. The predicted molar refractivity (Wildman–Crippen MR) is 112 cm³/mol. The highest BCUT2D eigenvalue weighted by Crippen LogP contribution is 2.25. The molecule has 138 valence electrons. The molecule has 0 aromatic heterocycles. The number of carbonyl (C=O) groups is 1. The molecule has 27 heavy (non-hydrogen) atoms. The average molecular weight is 379 g/mol. The van der Waals surface area contributed by atoms with E-state index in [0.717, 1.165) is 54.0 Å². The van der Waals surface area contributed by atoms with E-state index in [1.54, 1.807) is 0 Å². The molecule has 3 nitrogen and oxygen atoms in total. The highest BCUT2D eigenvalue weighted by Gasteiger charge is 2.26. The summed E-state index contributed by atoms with van der Waals surface area (Å²) in [4.78, 5) is 15.3. The minimum absolute atomic E-state index is 0.0110. The van der Waals surface area contributed by atoms with E-state index in [1.807, 2.05) is 42.5 Å². The Hall–Kier alpha value is -2.36. The van der Waals surface area contributed by atoms with Crippen LogP contribution in [0.2, 0.25) is 5.02 Å². The summed E-state index contributed by atoms with van der Waals surface area (Å²) in [7, 11) is 0. The SMILES string of the molecule is O=C(Nc1cccc2ccccc12)C1CCCN(Cc2cccc(Cl)c2)C1. The first-order valence-electron chi connectivity index (χ1n) is 9.44. The van der Waals surface area contributed by atoms with Crippen molar-refractivity contribution in [3.05, 3.63) is 77.3 Å². The maximum atomic E-state index is 12.9. The van der Waals surface area contributed by atoms with Crippen LogP contribution in [0.1, 0.15) is 18.4 Å². The third-order valence-electron chi connectivity index (χ3n) is 5.22. The predicted octanol–water partition coefficient (Wildman–Crippen LogP) is 5.34. The Kier molecular flexibility index (Phi) is 5.42. The molecule has 1 saturated heterocycles. The van der Waals surface area contributed by atoms with Gasteiger partial charge < -0.3 is 5.32 Å². The van der Waals surface area contributed by atoms with Crippen molar-refractivity contribution in [1.29, 1.82) is 0 Å². The second kappa shape index (κ2) is 8.12. The number of hydrogen-bond donors (Lipinski definition) is 1. The number of fused-ring (bicyclic) bond motifs is 1. The van der Waals surface area contributed by atoms with E-state index >= 15 is 0 Å². The Morgan fingerprint density at radius 3 is 2.78 bits per heavy atom. The van der Waals surface area contributed by atoms with Crippen molar-refractivity contribution < 1.29 is 4.79 Å². The zero-order valence-electron chi connectivity index (χ0n) is 15.2. The van der Waals surface area contributed by atoms with Gasteiger partial charge in [-0.05, 0) is 48.5 Å². The summed E-state index contributed by atoms with van der Waals surface area (Å²) in [5.74, 6) is 0.124. The molecule has 1 unspecified atom stereocenters. The van der Waals surface area contributed by atoms with Gasteiger partial charge in [0.25, 0.3) is 0 Å². The summed E-state index contributed by atoms with van der Waals surface area (Å²) >= 11 is 6.10. The fourth-order valence-electron chi connectivity index (χ4n) is 3.88. The number of benzene rings is 3. The van der Waals surface area contributed by atoms with E-state index in [2.05, 4.69) is 34.5 Å². The highest BCUT2D eigenvalue weighted by molar-refractivity contribution is 6.30. The van der Waals surface area contributed by atoms with Gasteiger partial charge >= 0.3 is 0 Å². The summed E-state index contributed by atoms with van der Waals surface area (Å²) in [6.07, 6.45) is 1.97. The van der Waals surface area contributed by atoms with Crippen LogP contribution in [0.5, 0.6) is 0 Å². The second-order valence-corrected chi connectivity index (χ2v) is 7.66. The molecule has 4 rings (SSSR count). The molecular formula is C23H23ClN2O. The highest BCUT2D eigenvalue weighted by atomic mass is 35.5. The number of hydrogen-bond acceptors (Lipinski definition) is 2. The number of nitrogens with one attached hydrogen (secondary N) is 1. The lowest BCUT2D eigenvalue weighted by molar-refractivity contribution is -0.121. The Labute approximate surface area is 164 Å². The van der Waals surface area contributed by atoms with Gasteiger partial charge in [0, 0.05) is 29.2 Å². The van der Waals surface area contributed by atoms with Crippen LogP contribution >= 0.6 is 11.6 Å². The van der Waals surface area contributed by atoms with Crippen molar-refractivity contribution >= 4 is 34.0 Å². The Morgan fingerprint density at radius 2 is 1.89 bits per heavy atom. The Balaban J connectivity index is 1.44. The number of piperidine rings is 1. The summed E-state index contributed by atoms with van der Waals surface area (Å²) in [6, 6.07) is 22.1. The normalized spacial score (nSPS) is 17.7. The van der Waals surface area contributed by atoms with Crippen LogP contribution in [0.25, 0.3) is 10.8 Å². The number of halogens is 1. The molecule has 1 N–H and O–H groups in total. The maximum Gasteiger partial charge on any atom is 0.228 e. The molecule has 3 aromatic rings. The molecule has 3 aromatic carbocycles. The topological polar surface area (TPSA) is 32.3 Å². The van der Waals surface area contributed by atoms with Gasteiger partial charge in [-0.2, -0.15) is 0 Å². The fraction of sp³-hybridized carbons (Fsp3) is 0.261. The fourth-order valence-corrected chi connectivity index (χ4v) is 4.09. The van der Waals surface area contributed by atoms with Crippen molar-refractivity contribution in [2.24, 2.45) is 5.92 Å². The Morgan fingerprint density at radius 1 is 1.07 bits per heavy atom. The summed E-state index contributed by atoms with van der Waals surface area (Å²) in [6.45, 7) is 2.63. The summed E-state index contributed by atoms with van der Waals surface area (Å²) in [5.41, 5.74) is 2.09. The lowest BCUT2D eigenvalue weighted by Gasteiger charge is -2.32. The van der Waals surface area contributed by atoms with Crippen LogP contribution in [0.4, 0.5) is 5.69 Å². The molecule has 1 atom stereocenters. The molecule has 0 radical (unpaired) electrons. The first-order chi connectivity index (χ1) is 13.2. The first-order valence-corrected chi connectivity index (χ1v) is 9.82. The first kappa shape index (κ1) is 18.0. The van der Waals surface area contributed by atoms with E-state index in [0.29, 0.717) is 0 Å². The van der Waals surface area contributed by atoms with E-state index in [-0.39, 0.29) is 11.8 Å². The molecule has 0 aliphatic carbocycles. The minimum atomic E-state index is 0.0110. The van der Waals surface area contributed by atoms with Gasteiger partial charge in [0.05, 0.1) is 5.92 Å². The number of carbonyl (C=O) groups excluding carboxylic acids is 1. The van der Waals surface area contributed by atoms with Gasteiger partial charge in [-0.1, -0.05) is 60.1 Å². The molecule has 1 aliphatic heterocycles. The van der Waals surface area contributed by atoms with Gasteiger partial charge in [-0.15, -0.1) is 0 Å². The van der Waals surface area contributed by atoms with Crippen molar-refractivity contribution in [2.45, 2.75) is 19.4 Å². The van der Waals surface area contributed by atoms with Crippen LogP contribution < -0.4 is 5.32 Å². The van der Waals surface area contributed by atoms with Crippen LogP contribution in [0, 0.1) is 5.92 Å². The Bertz CT molecular complexity index is 951. The van der Waals surface area contributed by atoms with Crippen molar-refractivity contribution in [2.75, 3.05) is 18.4 Å². The largest absolute Gasteiger partial charge is 0.325 e. The standard InChI is InChI=1S/C23H23ClN2O/c24-20-10-3-6-17(14-20)15-26-13-5-9-19(16-26)23(27)25-22-12-4-8-18-7-1-2-11-21(18)22/h1-4,6-8,10-12,14,19H,5,9,13,15-16H2,(H,25,27). The van der Waals surface area contributed by atoms with Crippen LogP contribution in [0.15, 0.2) is 66.7 Å². The quantitative estimate of drug-likeness (QED) is 0.664. The summed E-state index contributed by atoms with van der Waals surface area (Å²) < 4.78 is 0. The van der Waals surface area contributed by atoms with Gasteiger partial charge in [-0.3, -0.25) is 9.69 Å². The maximum absolute atomic E-state index is 12.9. The zero-order valence-corrected chi connectivity index (χ0v) is 16.0. The van der Waals surface area contributed by atoms with E-state index in [9.17, 15) is 4.79 Å². The third-order valence-corrected chi connectivity index (χ3v) is 5.45. The van der Waals surface area contributed by atoms with E-state index < -0.39 is 0 Å². The lowest BCUT2D eigenvalue weighted by Crippen LogP contribution is -2.40. The van der Waals surface area contributed by atoms with Gasteiger partial charge in [0.1, 0.15) is 0 Å². The average Bonchev–Trinajstić information content (AvgIpc) is 2.68. The van der Waals surface area contributed by atoms with Crippen LogP contribution in [0.3, 0.4) is 0 Å². The number of amides is 1. The molecule has 1 heterocycles. The lowest BCUT2D eigenvalue weighted by atomic mass is 9.96. The van der Waals surface area contributed by atoms with Gasteiger partial charge in [0.2, 0.25) is 5.91 Å². The number of nitrogens with zero attached hydrogens (tertiary/aromatic N) is 1. The molecule has 0 spiro atoms. The van der Waals surface area contributed by atoms with Crippen molar-refractivity contribution in [3.8, 4) is 0 Å². The van der Waals surface area contributed by atoms with E-state index in [4.69, 9.17) is 11.6 Å².